The van der Waals surface area contributed by atoms with Crippen LogP contribution in [0.25, 0.3) is 44.6 Å². The molecule has 3 N–H and O–H groups in total. The fourth-order valence-corrected chi connectivity index (χ4v) is 7.39. The fraction of sp³-hybridized carbons (Fsp3) is 0.500. The number of halogens is 1. The van der Waals surface area contributed by atoms with E-state index in [1.54, 1.807) is 24.8 Å². The van der Waals surface area contributed by atoms with Gasteiger partial charge in [-0.25, -0.2) is 9.97 Å². The van der Waals surface area contributed by atoms with Crippen LogP contribution in [0.1, 0.15) is 83.3 Å². The maximum Gasteiger partial charge on any atom is 0.154 e. The molecule has 2 saturated heterocycles. The topological polar surface area (TPSA) is 149 Å². The molecule has 0 saturated carbocycles. The van der Waals surface area contributed by atoms with E-state index in [1.165, 1.54) is 25.7 Å². The van der Waals surface area contributed by atoms with Crippen molar-refractivity contribution in [1.82, 2.24) is 60.1 Å². The van der Waals surface area contributed by atoms with Gasteiger partial charge in [-0.2, -0.15) is 10.2 Å². The highest BCUT2D eigenvalue weighted by Gasteiger charge is 2.19. The third kappa shape index (κ3) is 9.19. The highest BCUT2D eigenvalue weighted by Crippen LogP contribution is 2.29. The minimum atomic E-state index is 0. The number of rotatable bonds is 10. The van der Waals surface area contributed by atoms with Gasteiger partial charge >= 0.3 is 0 Å². The van der Waals surface area contributed by atoms with Gasteiger partial charge in [-0.15, -0.1) is 12.4 Å². The molecule has 8 rings (SSSR count). The van der Waals surface area contributed by atoms with E-state index >= 15 is 0 Å². The molecule has 6 aromatic rings. The van der Waals surface area contributed by atoms with Gasteiger partial charge in [0.1, 0.15) is 11.0 Å². The highest BCUT2D eigenvalue weighted by molar-refractivity contribution is 5.88. The zero-order chi connectivity index (χ0) is 36.7. The van der Waals surface area contributed by atoms with Gasteiger partial charge in [0.15, 0.2) is 5.82 Å². The predicted molar refractivity (Wildman–Crippen MR) is 218 cm³/mol. The largest absolute Gasteiger partial charge is 0.368 e. The molecule has 0 bridgehead atoms. The third-order valence-corrected chi connectivity index (χ3v) is 10.4. The molecule has 8 heterocycles. The van der Waals surface area contributed by atoms with Crippen molar-refractivity contribution < 1.29 is 0 Å². The van der Waals surface area contributed by atoms with Crippen molar-refractivity contribution in [3.8, 4) is 22.5 Å². The minimum Gasteiger partial charge on any atom is -0.368 e. The Labute approximate surface area is 324 Å². The van der Waals surface area contributed by atoms with Gasteiger partial charge in [-0.3, -0.25) is 29.3 Å². The van der Waals surface area contributed by atoms with E-state index in [2.05, 4.69) is 86.9 Å². The van der Waals surface area contributed by atoms with Gasteiger partial charge in [0.2, 0.25) is 0 Å². The molecule has 2 aliphatic heterocycles. The first-order valence-corrected chi connectivity index (χ1v) is 19.3. The normalized spacial score (nSPS) is 17.4. The summed E-state index contributed by atoms with van der Waals surface area (Å²) in [5.41, 5.74) is 9.56. The molecule has 1 unspecified atom stereocenters. The molecule has 286 valence electrons. The predicted octanol–water partition coefficient (Wildman–Crippen LogP) is 7.01. The van der Waals surface area contributed by atoms with Gasteiger partial charge in [0.25, 0.3) is 0 Å². The van der Waals surface area contributed by atoms with Crippen molar-refractivity contribution in [3.63, 3.8) is 0 Å². The summed E-state index contributed by atoms with van der Waals surface area (Å²) in [6.45, 7) is 15.9. The van der Waals surface area contributed by atoms with Crippen LogP contribution < -0.4 is 16.0 Å². The average molecular weight is 752 g/mol. The number of anilines is 1. The summed E-state index contributed by atoms with van der Waals surface area (Å²) in [6, 6.07) is 4.68. The van der Waals surface area contributed by atoms with E-state index < -0.39 is 0 Å². The second-order valence-electron chi connectivity index (χ2n) is 15.0. The van der Waals surface area contributed by atoms with Crippen LogP contribution in [-0.4, -0.2) is 82.2 Å². The molecule has 2 fully saturated rings. The monoisotopic (exact) mass is 751 g/mol. The number of fused-ring (bicyclic) bond motifs is 2. The number of piperidine rings is 2. The summed E-state index contributed by atoms with van der Waals surface area (Å²) < 4.78 is 3.99. The molecule has 54 heavy (non-hydrogen) atoms. The molecule has 14 heteroatoms. The molecule has 6 aromatic heterocycles. The van der Waals surface area contributed by atoms with Crippen molar-refractivity contribution in [2.24, 2.45) is 11.8 Å². The second-order valence-corrected chi connectivity index (χ2v) is 15.0. The van der Waals surface area contributed by atoms with E-state index in [0.29, 0.717) is 18.0 Å². The van der Waals surface area contributed by atoms with Crippen LogP contribution in [0.15, 0.2) is 55.5 Å². The molecule has 2 aliphatic rings. The molecule has 0 amide bonds. The van der Waals surface area contributed by atoms with Crippen LogP contribution in [0.5, 0.6) is 0 Å². The Bertz CT molecular complexity index is 2110. The van der Waals surface area contributed by atoms with Crippen LogP contribution in [0.3, 0.4) is 0 Å². The summed E-state index contributed by atoms with van der Waals surface area (Å²) in [7, 11) is 0. The number of hydrogen-bond donors (Lipinski definition) is 3. The molecular formula is C40H54ClN13. The molecule has 13 nitrogen and oxygen atoms in total. The summed E-state index contributed by atoms with van der Waals surface area (Å²) in [5, 5.41) is 19.5. The minimum absolute atomic E-state index is 0. The Hall–Kier alpha value is -4.59. The van der Waals surface area contributed by atoms with Gasteiger partial charge in [0, 0.05) is 66.4 Å². The first kappa shape index (κ1) is 39.1. The number of nitrogens with zero attached hydrogens (tertiary/aromatic N) is 10. The summed E-state index contributed by atoms with van der Waals surface area (Å²) in [4.78, 5) is 28.0. The third-order valence-electron chi connectivity index (χ3n) is 10.4. The highest BCUT2D eigenvalue weighted by atomic mass is 35.5. The maximum atomic E-state index is 4.95. The SMILES string of the molecule is CC(C)n1cc(-c2cc3nccnc3c(CCC3CCCNC3)n2)cn1.Cc1c(-c2cc3nccnc3c(NC[C@H]3CCCNC3)n2)cnn1C(C)C.Cl. The number of hydrogen-bond acceptors (Lipinski definition) is 11. The Balaban J connectivity index is 0.000000181. The van der Waals surface area contributed by atoms with Crippen LogP contribution in [-0.2, 0) is 6.42 Å². The lowest BCUT2D eigenvalue weighted by Crippen LogP contribution is -2.33. The molecule has 0 aliphatic carbocycles. The van der Waals surface area contributed by atoms with Gasteiger partial charge in [-0.05, 0) is 123 Å². The van der Waals surface area contributed by atoms with Gasteiger partial charge in [0.05, 0.1) is 40.5 Å². The Morgan fingerprint density at radius 1 is 0.778 bits per heavy atom. The molecule has 0 spiro atoms. The molecule has 0 radical (unpaired) electrons. The van der Waals surface area contributed by atoms with Crippen molar-refractivity contribution in [2.45, 2.75) is 85.2 Å². The van der Waals surface area contributed by atoms with E-state index in [9.17, 15) is 0 Å². The molecular weight excluding hydrogens is 698 g/mol. The number of aromatic nitrogens is 10. The number of pyridine rings is 2. The molecule has 0 aromatic carbocycles. The van der Waals surface area contributed by atoms with Crippen LogP contribution in [0, 0.1) is 18.8 Å². The second kappa shape index (κ2) is 18.2. The van der Waals surface area contributed by atoms with Crippen molar-refractivity contribution in [1.29, 1.82) is 0 Å². The fourth-order valence-electron chi connectivity index (χ4n) is 7.39. The van der Waals surface area contributed by atoms with Crippen molar-refractivity contribution in [2.75, 3.05) is 38.0 Å². The lowest BCUT2D eigenvalue weighted by Gasteiger charge is -2.23. The van der Waals surface area contributed by atoms with Gasteiger partial charge < -0.3 is 16.0 Å². The standard InChI is InChI=1S/C20H27N7.C20H26N6.ClH/c1-13(2)27-14(3)16(12-25-27)17-9-18-19(23-8-7-22-18)20(26-17)24-11-15-5-4-6-21-10-15;1-14(2)26-13-16(12-24-26)18-10-19-20(23-9-8-22-19)17(25-18)6-5-15-4-3-7-21-11-15;/h7-9,12-13,15,21H,4-6,10-11H2,1-3H3,(H,24,26);8-10,12-15,21H,3-7,11H2,1-2H3;1H/t15-;;/m0../s1. The average Bonchev–Trinajstić information content (AvgIpc) is 3.85. The van der Waals surface area contributed by atoms with Gasteiger partial charge in [-0.1, -0.05) is 0 Å². The van der Waals surface area contributed by atoms with Crippen LogP contribution in [0.2, 0.25) is 0 Å². The Morgan fingerprint density at radius 3 is 2.09 bits per heavy atom. The van der Waals surface area contributed by atoms with Crippen molar-refractivity contribution >= 4 is 40.3 Å². The maximum absolute atomic E-state index is 4.95. The number of aryl methyl sites for hydroxylation is 1. The van der Waals surface area contributed by atoms with Crippen LogP contribution >= 0.6 is 12.4 Å². The zero-order valence-corrected chi connectivity index (χ0v) is 33.0. The quantitative estimate of drug-likeness (QED) is 0.133. The zero-order valence-electron chi connectivity index (χ0n) is 32.2. The molecule has 2 atom stereocenters. The van der Waals surface area contributed by atoms with E-state index in [1.807, 2.05) is 33.9 Å². The van der Waals surface area contributed by atoms with Crippen molar-refractivity contribution in [3.05, 3.63) is 66.9 Å². The summed E-state index contributed by atoms with van der Waals surface area (Å²) in [5.74, 6) is 2.14. The van der Waals surface area contributed by atoms with E-state index in [-0.39, 0.29) is 12.4 Å². The van der Waals surface area contributed by atoms with Crippen LogP contribution in [0.4, 0.5) is 5.82 Å². The first-order valence-electron chi connectivity index (χ1n) is 19.3. The summed E-state index contributed by atoms with van der Waals surface area (Å²) >= 11 is 0. The summed E-state index contributed by atoms with van der Waals surface area (Å²) in [6.07, 6.45) is 19.9. The Morgan fingerprint density at radius 2 is 1.44 bits per heavy atom. The Kier molecular flexibility index (Phi) is 13.2. The lowest BCUT2D eigenvalue weighted by atomic mass is 9.93. The van der Waals surface area contributed by atoms with E-state index in [4.69, 9.17) is 9.97 Å². The van der Waals surface area contributed by atoms with E-state index in [0.717, 1.165) is 113 Å². The first-order chi connectivity index (χ1) is 25.8. The lowest BCUT2D eigenvalue weighted by molar-refractivity contribution is 0.357. The number of nitrogens with one attached hydrogen (secondary N) is 3. The smallest absolute Gasteiger partial charge is 0.154 e.